The lowest BCUT2D eigenvalue weighted by Crippen LogP contribution is -2.40. The number of amides is 1. The molecule has 1 N–H and O–H groups in total. The Labute approximate surface area is 231 Å². The Morgan fingerprint density at radius 3 is 2.31 bits per heavy atom. The van der Waals surface area contributed by atoms with E-state index in [0.29, 0.717) is 22.2 Å². The zero-order valence-corrected chi connectivity index (χ0v) is 22.8. The maximum Gasteiger partial charge on any atom is 0.269 e. The van der Waals surface area contributed by atoms with Crippen molar-refractivity contribution in [1.82, 2.24) is 14.1 Å². The third-order valence-electron chi connectivity index (χ3n) is 5.70. The molecule has 1 heterocycles. The van der Waals surface area contributed by atoms with Crippen LogP contribution in [0, 0.1) is 16.0 Å². The average molecular weight is 568 g/mol. The van der Waals surface area contributed by atoms with Crippen molar-refractivity contribution in [2.45, 2.75) is 18.7 Å². The van der Waals surface area contributed by atoms with Gasteiger partial charge in [-0.2, -0.15) is 9.40 Å². The van der Waals surface area contributed by atoms with Crippen LogP contribution in [0.25, 0.3) is 16.9 Å². The van der Waals surface area contributed by atoms with E-state index in [1.807, 2.05) is 44.2 Å². The third kappa shape index (κ3) is 6.51. The van der Waals surface area contributed by atoms with E-state index in [1.54, 1.807) is 30.3 Å². The molecule has 0 atom stereocenters. The summed E-state index contributed by atoms with van der Waals surface area (Å²) < 4.78 is 29.4. The predicted octanol–water partition coefficient (Wildman–Crippen LogP) is 5.39. The highest BCUT2D eigenvalue weighted by molar-refractivity contribution is 7.89. The molecule has 4 aromatic rings. The molecule has 12 heteroatoms. The largest absolute Gasteiger partial charge is 0.309 e. The number of rotatable bonds is 10. The SMILES string of the molecule is CC(C)CN(CC(=O)Nc1cc(-c2ccccc2)nn1-c1ccccc1Cl)S(=O)(=O)c1ccc([N+](=O)[O-])cc1. The first-order valence-corrected chi connectivity index (χ1v) is 13.8. The van der Waals surface area contributed by atoms with Crippen LogP contribution in [0.15, 0.2) is 89.8 Å². The molecule has 1 aromatic heterocycles. The van der Waals surface area contributed by atoms with Gasteiger partial charge in [0.05, 0.1) is 32.8 Å². The topological polar surface area (TPSA) is 127 Å². The number of hydrogen-bond acceptors (Lipinski definition) is 6. The fourth-order valence-corrected chi connectivity index (χ4v) is 5.69. The van der Waals surface area contributed by atoms with Crippen molar-refractivity contribution in [3.8, 4) is 16.9 Å². The molecule has 0 saturated carbocycles. The molecule has 39 heavy (non-hydrogen) atoms. The second kappa shape index (κ2) is 11.8. The van der Waals surface area contributed by atoms with Gasteiger partial charge < -0.3 is 5.32 Å². The number of halogens is 1. The molecule has 0 saturated heterocycles. The summed E-state index contributed by atoms with van der Waals surface area (Å²) in [4.78, 5) is 23.5. The highest BCUT2D eigenvalue weighted by Gasteiger charge is 2.28. The molecule has 10 nitrogen and oxygen atoms in total. The van der Waals surface area contributed by atoms with Gasteiger partial charge in [0, 0.05) is 30.3 Å². The number of carbonyl (C=O) groups excluding carboxylic acids is 1. The summed E-state index contributed by atoms with van der Waals surface area (Å²) in [6, 6.07) is 22.7. The van der Waals surface area contributed by atoms with E-state index in [-0.39, 0.29) is 23.0 Å². The van der Waals surface area contributed by atoms with Gasteiger partial charge in [0.2, 0.25) is 15.9 Å². The molecule has 0 spiro atoms. The highest BCUT2D eigenvalue weighted by Crippen LogP contribution is 2.28. The number of nitro benzene ring substituents is 1. The van der Waals surface area contributed by atoms with Gasteiger partial charge in [-0.1, -0.05) is 67.9 Å². The Bertz CT molecular complexity index is 1590. The van der Waals surface area contributed by atoms with Gasteiger partial charge in [-0.15, -0.1) is 0 Å². The van der Waals surface area contributed by atoms with Crippen LogP contribution in [-0.4, -0.2) is 46.4 Å². The number of carbonyl (C=O) groups is 1. The Balaban J connectivity index is 1.65. The maximum atomic E-state index is 13.4. The third-order valence-corrected chi connectivity index (χ3v) is 7.85. The Morgan fingerprint density at radius 1 is 1.05 bits per heavy atom. The molecule has 0 bridgehead atoms. The van der Waals surface area contributed by atoms with E-state index in [0.717, 1.165) is 34.1 Å². The quantitative estimate of drug-likeness (QED) is 0.202. The number of hydrogen-bond donors (Lipinski definition) is 1. The number of nitrogens with zero attached hydrogens (tertiary/aromatic N) is 4. The number of nitrogens with one attached hydrogen (secondary N) is 1. The van der Waals surface area contributed by atoms with Gasteiger partial charge in [-0.05, 0) is 30.2 Å². The molecule has 3 aromatic carbocycles. The first-order valence-electron chi connectivity index (χ1n) is 12.0. The van der Waals surface area contributed by atoms with Gasteiger partial charge in [0.25, 0.3) is 5.69 Å². The second-order valence-corrected chi connectivity index (χ2v) is 11.5. The highest BCUT2D eigenvalue weighted by atomic mass is 35.5. The van der Waals surface area contributed by atoms with E-state index in [9.17, 15) is 23.3 Å². The minimum atomic E-state index is -4.13. The Morgan fingerprint density at radius 2 is 1.69 bits per heavy atom. The molecule has 0 fully saturated rings. The number of sulfonamides is 1. The molecule has 1 amide bonds. The van der Waals surface area contributed by atoms with Crippen LogP contribution in [-0.2, 0) is 14.8 Å². The molecule has 0 unspecified atom stereocenters. The number of nitro groups is 1. The lowest BCUT2D eigenvalue weighted by molar-refractivity contribution is -0.384. The first kappa shape index (κ1) is 28.0. The average Bonchev–Trinajstić information content (AvgIpc) is 3.32. The summed E-state index contributed by atoms with van der Waals surface area (Å²) in [5.41, 5.74) is 1.71. The van der Waals surface area contributed by atoms with Crippen molar-refractivity contribution in [3.63, 3.8) is 0 Å². The molecular weight excluding hydrogens is 542 g/mol. The van der Waals surface area contributed by atoms with Gasteiger partial charge in [0.1, 0.15) is 5.82 Å². The van der Waals surface area contributed by atoms with Crippen molar-refractivity contribution in [1.29, 1.82) is 0 Å². The smallest absolute Gasteiger partial charge is 0.269 e. The fraction of sp³-hybridized carbons (Fsp3) is 0.185. The van der Waals surface area contributed by atoms with Crippen molar-refractivity contribution in [2.75, 3.05) is 18.4 Å². The van der Waals surface area contributed by atoms with Crippen LogP contribution in [0.1, 0.15) is 13.8 Å². The molecule has 202 valence electrons. The minimum Gasteiger partial charge on any atom is -0.309 e. The van der Waals surface area contributed by atoms with Crippen LogP contribution >= 0.6 is 11.6 Å². The first-order chi connectivity index (χ1) is 18.6. The van der Waals surface area contributed by atoms with Crippen molar-refractivity contribution < 1.29 is 18.1 Å². The van der Waals surface area contributed by atoms with Crippen molar-refractivity contribution in [2.24, 2.45) is 5.92 Å². The van der Waals surface area contributed by atoms with Gasteiger partial charge in [-0.25, -0.2) is 13.1 Å². The van der Waals surface area contributed by atoms with Crippen molar-refractivity contribution in [3.05, 3.63) is 100 Å². The van der Waals surface area contributed by atoms with E-state index in [1.165, 1.54) is 4.68 Å². The van der Waals surface area contributed by atoms with Crippen LogP contribution in [0.3, 0.4) is 0 Å². The van der Waals surface area contributed by atoms with Crippen molar-refractivity contribution >= 4 is 39.0 Å². The fourth-order valence-electron chi connectivity index (χ4n) is 3.91. The standard InChI is InChI=1S/C27H26ClN5O5S/c1-19(2)17-31(39(37,38)22-14-12-21(13-15-22)33(35)36)18-27(34)29-26-16-24(20-8-4-3-5-9-20)30-32(26)25-11-7-6-10-23(25)28/h3-16,19H,17-18H2,1-2H3,(H,29,34). The van der Waals surface area contributed by atoms with E-state index >= 15 is 0 Å². The summed E-state index contributed by atoms with van der Waals surface area (Å²) in [6.45, 7) is 3.24. The molecule has 0 aliphatic rings. The van der Waals surface area contributed by atoms with Crippen LogP contribution < -0.4 is 5.32 Å². The summed E-state index contributed by atoms with van der Waals surface area (Å²) in [5.74, 6) is -0.373. The van der Waals surface area contributed by atoms with Gasteiger partial charge in [0.15, 0.2) is 0 Å². The zero-order chi connectivity index (χ0) is 28.2. The summed E-state index contributed by atoms with van der Waals surface area (Å²) in [7, 11) is -4.13. The lowest BCUT2D eigenvalue weighted by atomic mass is 10.1. The summed E-state index contributed by atoms with van der Waals surface area (Å²) in [6.07, 6.45) is 0. The van der Waals surface area contributed by atoms with Gasteiger partial charge >= 0.3 is 0 Å². The number of non-ortho nitro benzene ring substituents is 1. The second-order valence-electron chi connectivity index (χ2n) is 9.13. The predicted molar refractivity (Wildman–Crippen MR) is 149 cm³/mol. The van der Waals surface area contributed by atoms with Crippen LogP contribution in [0.4, 0.5) is 11.5 Å². The molecule has 0 aliphatic heterocycles. The Kier molecular flexibility index (Phi) is 8.44. The normalized spacial score (nSPS) is 11.6. The number of benzene rings is 3. The van der Waals surface area contributed by atoms with E-state index in [2.05, 4.69) is 10.4 Å². The monoisotopic (exact) mass is 567 g/mol. The molecule has 4 rings (SSSR count). The minimum absolute atomic E-state index is 0.0613. The molecule has 0 aliphatic carbocycles. The van der Waals surface area contributed by atoms with E-state index in [4.69, 9.17) is 11.6 Å². The Hall–Kier alpha value is -4.06. The zero-order valence-electron chi connectivity index (χ0n) is 21.2. The number of anilines is 1. The summed E-state index contributed by atoms with van der Waals surface area (Å²) >= 11 is 6.42. The van der Waals surface area contributed by atoms with Gasteiger partial charge in [-0.3, -0.25) is 14.9 Å². The maximum absolute atomic E-state index is 13.4. The number of para-hydroxylation sites is 1. The summed E-state index contributed by atoms with van der Waals surface area (Å²) in [5, 5.41) is 18.8. The lowest BCUT2D eigenvalue weighted by Gasteiger charge is -2.23. The molecule has 0 radical (unpaired) electrons. The number of aromatic nitrogens is 2. The molecular formula is C27H26ClN5O5S. The van der Waals surface area contributed by atoms with Crippen LogP contribution in [0.2, 0.25) is 5.02 Å². The van der Waals surface area contributed by atoms with Crippen LogP contribution in [0.5, 0.6) is 0 Å². The van der Waals surface area contributed by atoms with E-state index < -0.39 is 27.4 Å².